The molecule has 1 rings (SSSR count). The molecule has 56 valence electrons. The van der Waals surface area contributed by atoms with Gasteiger partial charge in [0, 0.05) is 0 Å². The van der Waals surface area contributed by atoms with Crippen LogP contribution in [0.2, 0.25) is 4.34 Å². The van der Waals surface area contributed by atoms with Crippen molar-refractivity contribution in [2.45, 2.75) is 5.18 Å². The Morgan fingerprint density at radius 1 is 1.60 bits per heavy atom. The van der Waals surface area contributed by atoms with Crippen molar-refractivity contribution in [3.8, 4) is 0 Å². The molecular weight excluding hydrogens is 193 g/mol. The molecule has 0 radical (unpaired) electrons. The second-order valence-electron chi connectivity index (χ2n) is 1.78. The van der Waals surface area contributed by atoms with Crippen LogP contribution in [0.25, 0.3) is 0 Å². The molecule has 3 N–H and O–H groups in total. The summed E-state index contributed by atoms with van der Waals surface area (Å²) in [6.07, 6.45) is 0. The smallest absolute Gasteiger partial charge is 0.227 e. The highest BCUT2D eigenvalue weighted by molar-refractivity contribution is 7.16. The van der Waals surface area contributed by atoms with Crippen molar-refractivity contribution >= 4 is 34.5 Å². The van der Waals surface area contributed by atoms with Crippen molar-refractivity contribution in [1.82, 2.24) is 0 Å². The Kier molecular flexibility index (Phi) is 2.22. The second kappa shape index (κ2) is 2.68. The summed E-state index contributed by atoms with van der Waals surface area (Å²) >= 11 is 12.1. The molecule has 5 heteroatoms. The molecule has 1 unspecified atom stereocenters. The molecule has 0 saturated heterocycles. The van der Waals surface area contributed by atoms with Gasteiger partial charge in [0.1, 0.15) is 0 Å². The van der Waals surface area contributed by atoms with E-state index in [0.29, 0.717) is 9.21 Å². The minimum absolute atomic E-state index is 0.444. The molecule has 0 spiro atoms. The van der Waals surface area contributed by atoms with Gasteiger partial charge in [-0.2, -0.15) is 0 Å². The monoisotopic (exact) mass is 197 g/mol. The number of halogens is 2. The highest BCUT2D eigenvalue weighted by Gasteiger charge is 2.21. The Labute approximate surface area is 72.2 Å². The third kappa shape index (κ3) is 1.84. The Hall–Kier alpha value is 0.200. The normalized spacial score (nSPS) is 16.8. The summed E-state index contributed by atoms with van der Waals surface area (Å²) in [5, 5.41) is 7.22. The van der Waals surface area contributed by atoms with Gasteiger partial charge in [-0.3, -0.25) is 5.73 Å². The van der Waals surface area contributed by atoms with E-state index < -0.39 is 5.18 Å². The highest BCUT2D eigenvalue weighted by atomic mass is 35.5. The van der Waals surface area contributed by atoms with Crippen LogP contribution in [0.1, 0.15) is 4.88 Å². The van der Waals surface area contributed by atoms with Crippen molar-refractivity contribution in [2.24, 2.45) is 5.73 Å². The van der Waals surface area contributed by atoms with E-state index >= 15 is 0 Å². The molecular formula is C5H5Cl2NOS. The van der Waals surface area contributed by atoms with Crippen LogP contribution >= 0.6 is 34.5 Å². The predicted octanol–water partition coefficient (Wildman–Crippen LogP) is 1.70. The van der Waals surface area contributed by atoms with Crippen molar-refractivity contribution < 1.29 is 5.11 Å². The fourth-order valence-electron chi connectivity index (χ4n) is 0.503. The van der Waals surface area contributed by atoms with Gasteiger partial charge in [-0.25, -0.2) is 0 Å². The predicted molar refractivity (Wildman–Crippen MR) is 43.3 cm³/mol. The standard InChI is InChI=1S/C5H5Cl2NOS/c6-4-2-1-3(10-4)5(7,8)9/h1-2,9H,8H2. The van der Waals surface area contributed by atoms with Gasteiger partial charge >= 0.3 is 0 Å². The van der Waals surface area contributed by atoms with E-state index in [1.54, 1.807) is 12.1 Å². The number of hydrogen-bond acceptors (Lipinski definition) is 3. The largest absolute Gasteiger partial charge is 0.359 e. The third-order valence-electron chi connectivity index (χ3n) is 0.919. The molecule has 1 aromatic heterocycles. The molecule has 2 nitrogen and oxygen atoms in total. The van der Waals surface area contributed by atoms with Crippen LogP contribution in [0.15, 0.2) is 12.1 Å². The van der Waals surface area contributed by atoms with Crippen LogP contribution in [0.5, 0.6) is 0 Å². The van der Waals surface area contributed by atoms with Gasteiger partial charge in [-0.1, -0.05) is 23.2 Å². The number of nitrogens with two attached hydrogens (primary N) is 1. The summed E-state index contributed by atoms with van der Waals surface area (Å²) in [4.78, 5) is 0.444. The number of hydrogen-bond donors (Lipinski definition) is 2. The molecule has 0 amide bonds. The molecule has 0 aliphatic heterocycles. The summed E-state index contributed by atoms with van der Waals surface area (Å²) in [5.74, 6) is 0. The molecule has 0 aliphatic carbocycles. The van der Waals surface area contributed by atoms with Gasteiger partial charge < -0.3 is 5.11 Å². The van der Waals surface area contributed by atoms with Gasteiger partial charge in [-0.15, -0.1) is 11.3 Å². The van der Waals surface area contributed by atoms with Crippen LogP contribution in [0, 0.1) is 0 Å². The third-order valence-corrected chi connectivity index (χ3v) is 2.59. The van der Waals surface area contributed by atoms with Gasteiger partial charge in [0.2, 0.25) is 5.18 Å². The van der Waals surface area contributed by atoms with Crippen molar-refractivity contribution in [3.05, 3.63) is 21.3 Å². The van der Waals surface area contributed by atoms with Gasteiger partial charge in [-0.05, 0) is 12.1 Å². The van der Waals surface area contributed by atoms with E-state index in [9.17, 15) is 0 Å². The first-order valence-corrected chi connectivity index (χ1v) is 4.03. The number of thiophene rings is 1. The average Bonchev–Trinajstić information content (AvgIpc) is 2.11. The van der Waals surface area contributed by atoms with E-state index in [0.717, 1.165) is 11.3 Å². The summed E-state index contributed by atoms with van der Waals surface area (Å²) < 4.78 is 0.555. The second-order valence-corrected chi connectivity index (χ2v) is 4.07. The highest BCUT2D eigenvalue weighted by Crippen LogP contribution is 2.29. The lowest BCUT2D eigenvalue weighted by atomic mass is 10.4. The van der Waals surface area contributed by atoms with Gasteiger partial charge in [0.05, 0.1) is 9.21 Å². The molecule has 1 aromatic rings. The van der Waals surface area contributed by atoms with Gasteiger partial charge in [0.15, 0.2) is 0 Å². The molecule has 0 aliphatic rings. The van der Waals surface area contributed by atoms with E-state index in [1.165, 1.54) is 0 Å². The van der Waals surface area contributed by atoms with Crippen LogP contribution in [-0.2, 0) is 5.18 Å². The summed E-state index contributed by atoms with van der Waals surface area (Å²) in [5.41, 5.74) is 5.14. The summed E-state index contributed by atoms with van der Waals surface area (Å²) in [6, 6.07) is 3.21. The van der Waals surface area contributed by atoms with E-state index in [-0.39, 0.29) is 0 Å². The quantitative estimate of drug-likeness (QED) is 0.409. The lowest BCUT2D eigenvalue weighted by Gasteiger charge is -2.10. The van der Waals surface area contributed by atoms with Crippen LogP contribution < -0.4 is 5.73 Å². The topological polar surface area (TPSA) is 46.2 Å². The minimum atomic E-state index is -1.78. The zero-order chi connectivity index (χ0) is 7.78. The molecule has 0 aromatic carbocycles. The van der Waals surface area contributed by atoms with Crippen molar-refractivity contribution in [1.29, 1.82) is 0 Å². The van der Waals surface area contributed by atoms with E-state index in [2.05, 4.69) is 0 Å². The minimum Gasteiger partial charge on any atom is -0.359 e. The maximum absolute atomic E-state index is 9.00. The Morgan fingerprint density at radius 3 is 2.40 bits per heavy atom. The first kappa shape index (κ1) is 8.30. The number of alkyl halides is 1. The lowest BCUT2D eigenvalue weighted by molar-refractivity contribution is 0.141. The first-order chi connectivity index (χ1) is 4.50. The first-order valence-electron chi connectivity index (χ1n) is 2.46. The molecule has 0 saturated carbocycles. The van der Waals surface area contributed by atoms with Crippen molar-refractivity contribution in [2.75, 3.05) is 0 Å². The Bertz CT molecular complexity index is 230. The molecule has 10 heavy (non-hydrogen) atoms. The maximum Gasteiger partial charge on any atom is 0.227 e. The number of aliphatic hydroxyl groups is 1. The zero-order valence-electron chi connectivity index (χ0n) is 4.84. The lowest BCUT2D eigenvalue weighted by Crippen LogP contribution is -2.27. The summed E-state index contributed by atoms with van der Waals surface area (Å²) in [6.45, 7) is 0. The van der Waals surface area contributed by atoms with Crippen molar-refractivity contribution in [3.63, 3.8) is 0 Å². The SMILES string of the molecule is NC(O)(Cl)c1ccc(Cl)s1. The van der Waals surface area contributed by atoms with E-state index in [4.69, 9.17) is 34.0 Å². The molecule has 1 atom stereocenters. The Balaban J connectivity index is 2.96. The molecule has 0 fully saturated rings. The van der Waals surface area contributed by atoms with Crippen LogP contribution in [0.4, 0.5) is 0 Å². The van der Waals surface area contributed by atoms with Crippen LogP contribution in [0.3, 0.4) is 0 Å². The maximum atomic E-state index is 9.00. The zero-order valence-corrected chi connectivity index (χ0v) is 7.17. The average molecular weight is 198 g/mol. The van der Waals surface area contributed by atoms with Gasteiger partial charge in [0.25, 0.3) is 0 Å². The fraction of sp³-hybridized carbons (Fsp3) is 0.200. The number of rotatable bonds is 1. The summed E-state index contributed by atoms with van der Waals surface area (Å²) in [7, 11) is 0. The molecule has 1 heterocycles. The molecule has 0 bridgehead atoms. The fourth-order valence-corrected chi connectivity index (χ4v) is 1.62. The van der Waals surface area contributed by atoms with Crippen LogP contribution in [-0.4, -0.2) is 5.11 Å². The van der Waals surface area contributed by atoms with E-state index in [1.807, 2.05) is 0 Å². The Morgan fingerprint density at radius 2 is 2.20 bits per heavy atom.